The first-order valence-electron chi connectivity index (χ1n) is 14.2. The van der Waals surface area contributed by atoms with E-state index in [-0.39, 0.29) is 12.2 Å². The lowest BCUT2D eigenvalue weighted by atomic mass is 9.94. The maximum Gasteiger partial charge on any atom is 0.168 e. The van der Waals surface area contributed by atoms with Gasteiger partial charge < -0.3 is 18.9 Å². The minimum atomic E-state index is -0.0115. The molecule has 2 aliphatic heterocycles. The summed E-state index contributed by atoms with van der Waals surface area (Å²) in [6, 6.07) is 20.2. The molecule has 2 aliphatic rings. The average molecular weight is 605 g/mol. The minimum absolute atomic E-state index is 0.0115. The van der Waals surface area contributed by atoms with Crippen LogP contribution < -0.4 is 18.9 Å². The zero-order valence-corrected chi connectivity index (χ0v) is 26.1. The Balaban J connectivity index is 1.17. The van der Waals surface area contributed by atoms with Crippen molar-refractivity contribution in [1.82, 2.24) is 4.90 Å². The first-order valence-corrected chi connectivity index (χ1v) is 15.0. The summed E-state index contributed by atoms with van der Waals surface area (Å²) < 4.78 is 24.4. The van der Waals surface area contributed by atoms with Crippen molar-refractivity contribution in [2.45, 2.75) is 38.9 Å². The van der Waals surface area contributed by atoms with Gasteiger partial charge in [-0.3, -0.25) is 4.90 Å². The number of nitrogens with zero attached hydrogens (tertiary/aromatic N) is 1. The van der Waals surface area contributed by atoms with Gasteiger partial charge in [-0.1, -0.05) is 53.5 Å². The number of methoxy groups -OCH3 is 2. The predicted molar refractivity (Wildman–Crippen MR) is 170 cm³/mol. The number of halogens is 2. The van der Waals surface area contributed by atoms with Gasteiger partial charge in [-0.2, -0.15) is 0 Å². The van der Waals surface area contributed by atoms with Gasteiger partial charge in [0.1, 0.15) is 23.7 Å². The number of ether oxygens (including phenoxy) is 4. The van der Waals surface area contributed by atoms with Crippen LogP contribution in [0.3, 0.4) is 0 Å². The van der Waals surface area contributed by atoms with Crippen molar-refractivity contribution in [2.24, 2.45) is 0 Å². The lowest BCUT2D eigenvalue weighted by Crippen LogP contribution is -2.38. The van der Waals surface area contributed by atoms with E-state index in [1.54, 1.807) is 14.2 Å². The molecule has 2 unspecified atom stereocenters. The Morgan fingerprint density at radius 2 is 1.29 bits per heavy atom. The fraction of sp³-hybridized carbons (Fsp3) is 0.314. The van der Waals surface area contributed by atoms with E-state index in [0.29, 0.717) is 16.5 Å². The number of hydrogen-bond acceptors (Lipinski definition) is 5. The van der Waals surface area contributed by atoms with Gasteiger partial charge in [0.2, 0.25) is 0 Å². The Morgan fingerprint density at radius 1 is 0.738 bits per heavy atom. The van der Waals surface area contributed by atoms with Gasteiger partial charge in [0.05, 0.1) is 14.2 Å². The molecular weight excluding hydrogens is 569 g/mol. The Hall–Kier alpha value is -3.38. The molecule has 4 aromatic rings. The van der Waals surface area contributed by atoms with Crippen LogP contribution in [0.15, 0.2) is 60.7 Å². The Kier molecular flexibility index (Phi) is 8.01. The van der Waals surface area contributed by atoms with Crippen molar-refractivity contribution < 1.29 is 18.9 Å². The molecule has 5 nitrogen and oxygen atoms in total. The van der Waals surface area contributed by atoms with Crippen molar-refractivity contribution in [3.63, 3.8) is 0 Å². The van der Waals surface area contributed by atoms with Crippen LogP contribution in [0.4, 0.5) is 0 Å². The Morgan fingerprint density at radius 3 is 1.86 bits per heavy atom. The van der Waals surface area contributed by atoms with E-state index < -0.39 is 0 Å². The number of benzene rings is 4. The van der Waals surface area contributed by atoms with Gasteiger partial charge in [0.15, 0.2) is 11.5 Å². The number of para-hydroxylation sites is 1. The molecule has 4 aromatic carbocycles. The SMILES string of the molecule is COc1cccc(-c2cc(Cl)cc3c2OC(CN(C)CC2Cc4cc(Cl)cc(-c5cccc(C)c5C)c4O2)C3)c1OC. The molecule has 6 rings (SSSR count). The van der Waals surface area contributed by atoms with Crippen LogP contribution in [0.2, 0.25) is 10.0 Å². The summed E-state index contributed by atoms with van der Waals surface area (Å²) in [5, 5.41) is 1.41. The number of aryl methyl sites for hydroxylation is 1. The molecule has 0 saturated heterocycles. The Bertz CT molecular complexity index is 1650. The highest BCUT2D eigenvalue weighted by Crippen LogP contribution is 2.47. The van der Waals surface area contributed by atoms with Gasteiger partial charge in [-0.15, -0.1) is 0 Å². The number of hydrogen-bond donors (Lipinski definition) is 0. The first-order chi connectivity index (χ1) is 20.2. The van der Waals surface area contributed by atoms with Gasteiger partial charge in [0.25, 0.3) is 0 Å². The van der Waals surface area contributed by atoms with Crippen molar-refractivity contribution in [3.8, 4) is 45.3 Å². The van der Waals surface area contributed by atoms with Crippen LogP contribution in [0.5, 0.6) is 23.0 Å². The molecule has 0 spiro atoms. The second-order valence-corrected chi connectivity index (χ2v) is 12.2. The number of likely N-dealkylation sites (N-methyl/N-ethyl adjacent to an activating group) is 1. The van der Waals surface area contributed by atoms with E-state index >= 15 is 0 Å². The highest BCUT2D eigenvalue weighted by atomic mass is 35.5. The number of rotatable bonds is 8. The topological polar surface area (TPSA) is 40.2 Å². The molecule has 7 heteroatoms. The maximum atomic E-state index is 6.60. The summed E-state index contributed by atoms with van der Waals surface area (Å²) in [5.74, 6) is 3.12. The third-order valence-electron chi connectivity index (χ3n) is 8.34. The van der Waals surface area contributed by atoms with Crippen LogP contribution in [0.25, 0.3) is 22.3 Å². The van der Waals surface area contributed by atoms with Gasteiger partial charge in [0, 0.05) is 52.7 Å². The average Bonchev–Trinajstić information content (AvgIpc) is 3.55. The lowest BCUT2D eigenvalue weighted by Gasteiger charge is -2.24. The van der Waals surface area contributed by atoms with Crippen molar-refractivity contribution in [2.75, 3.05) is 34.4 Å². The van der Waals surface area contributed by atoms with Crippen LogP contribution in [-0.2, 0) is 12.8 Å². The summed E-state index contributed by atoms with van der Waals surface area (Å²) in [4.78, 5) is 2.29. The highest BCUT2D eigenvalue weighted by Gasteiger charge is 2.32. The summed E-state index contributed by atoms with van der Waals surface area (Å²) in [6.07, 6.45) is 1.61. The van der Waals surface area contributed by atoms with E-state index in [1.165, 1.54) is 16.7 Å². The maximum absolute atomic E-state index is 6.60. The molecule has 42 heavy (non-hydrogen) atoms. The largest absolute Gasteiger partial charge is 0.493 e. The molecule has 0 radical (unpaired) electrons. The van der Waals surface area contributed by atoms with Crippen molar-refractivity contribution in [3.05, 3.63) is 93.0 Å². The molecule has 0 aliphatic carbocycles. The predicted octanol–water partition coefficient (Wildman–Crippen LogP) is 8.20. The van der Waals surface area contributed by atoms with Gasteiger partial charge in [-0.05, 0) is 79.0 Å². The summed E-state index contributed by atoms with van der Waals surface area (Å²) in [7, 11) is 5.40. The minimum Gasteiger partial charge on any atom is -0.493 e. The fourth-order valence-corrected chi connectivity index (χ4v) is 6.79. The Labute approximate surface area is 257 Å². The molecule has 218 valence electrons. The van der Waals surface area contributed by atoms with E-state index in [0.717, 1.165) is 70.3 Å². The number of fused-ring (bicyclic) bond motifs is 2. The third-order valence-corrected chi connectivity index (χ3v) is 8.78. The van der Waals surface area contributed by atoms with E-state index in [9.17, 15) is 0 Å². The molecule has 0 fully saturated rings. The summed E-state index contributed by atoms with van der Waals surface area (Å²) in [6.45, 7) is 5.81. The summed E-state index contributed by atoms with van der Waals surface area (Å²) in [5.41, 5.74) is 8.78. The van der Waals surface area contributed by atoms with E-state index in [1.807, 2.05) is 42.5 Å². The molecule has 0 N–H and O–H groups in total. The van der Waals surface area contributed by atoms with Gasteiger partial charge in [-0.25, -0.2) is 0 Å². The normalized spacial score (nSPS) is 17.0. The molecular formula is C35H35Cl2NO4. The zero-order valence-electron chi connectivity index (χ0n) is 24.6. The third kappa shape index (κ3) is 5.42. The quantitative estimate of drug-likeness (QED) is 0.203. The standard InChI is InChI=1S/C35H35Cl2NO4/c1-20-8-6-9-28(21(20)2)30-16-24(36)12-22-14-26(41-33(22)30)18-38(3)19-27-15-23-13-25(37)17-31(34(23)42-27)29-10-7-11-32(39-4)35(29)40-5/h6-13,16-17,26-27H,14-15,18-19H2,1-5H3. The zero-order chi connectivity index (χ0) is 29.5. The van der Waals surface area contributed by atoms with Gasteiger partial charge >= 0.3 is 0 Å². The summed E-state index contributed by atoms with van der Waals surface area (Å²) >= 11 is 13.2. The molecule has 0 bridgehead atoms. The van der Waals surface area contributed by atoms with E-state index in [4.69, 9.17) is 42.1 Å². The monoisotopic (exact) mass is 603 g/mol. The smallest absolute Gasteiger partial charge is 0.168 e. The molecule has 0 aromatic heterocycles. The first kappa shape index (κ1) is 28.7. The lowest BCUT2D eigenvalue weighted by molar-refractivity contribution is 0.126. The molecule has 2 atom stereocenters. The van der Waals surface area contributed by atoms with Crippen LogP contribution in [0.1, 0.15) is 22.3 Å². The van der Waals surface area contributed by atoms with E-state index in [2.05, 4.69) is 44.0 Å². The van der Waals surface area contributed by atoms with Crippen LogP contribution >= 0.6 is 23.2 Å². The second-order valence-electron chi connectivity index (χ2n) is 11.3. The molecule has 2 heterocycles. The van der Waals surface area contributed by atoms with Crippen molar-refractivity contribution >= 4 is 23.2 Å². The van der Waals surface area contributed by atoms with Crippen LogP contribution in [-0.4, -0.2) is 51.5 Å². The highest BCUT2D eigenvalue weighted by molar-refractivity contribution is 6.31. The van der Waals surface area contributed by atoms with Crippen molar-refractivity contribution in [1.29, 1.82) is 0 Å². The molecule has 0 saturated carbocycles. The molecule has 0 amide bonds. The van der Waals surface area contributed by atoms with Crippen LogP contribution in [0, 0.1) is 13.8 Å². The second kappa shape index (κ2) is 11.7. The fourth-order valence-electron chi connectivity index (χ4n) is 6.30.